The summed E-state index contributed by atoms with van der Waals surface area (Å²) in [5, 5.41) is 5.59. The number of thiazole rings is 1. The molecule has 2 N–H and O–H groups in total. The minimum absolute atomic E-state index is 0.0202. The molecule has 150 valence electrons. The van der Waals surface area contributed by atoms with Crippen molar-refractivity contribution in [3.05, 3.63) is 60.0 Å². The third kappa shape index (κ3) is 4.93. The molecule has 29 heavy (non-hydrogen) atoms. The lowest BCUT2D eigenvalue weighted by atomic mass is 10.2. The first kappa shape index (κ1) is 19.4. The molecule has 3 aromatic rings. The predicted molar refractivity (Wildman–Crippen MR) is 117 cm³/mol. The molecule has 0 bridgehead atoms. The van der Waals surface area contributed by atoms with Gasteiger partial charge in [0.25, 0.3) is 5.91 Å². The summed E-state index contributed by atoms with van der Waals surface area (Å²) in [6.45, 7) is 4.21. The van der Waals surface area contributed by atoms with Crippen molar-refractivity contribution in [2.75, 3.05) is 50.1 Å². The van der Waals surface area contributed by atoms with Crippen LogP contribution in [0.3, 0.4) is 0 Å². The van der Waals surface area contributed by atoms with Crippen LogP contribution in [0.4, 0.5) is 10.8 Å². The number of amides is 1. The summed E-state index contributed by atoms with van der Waals surface area (Å²) in [5.74, 6) is 0.888. The molecular weight excluding hydrogens is 384 g/mol. The number of piperazine rings is 1. The van der Waals surface area contributed by atoms with Gasteiger partial charge in [-0.25, -0.2) is 4.98 Å². The fraction of sp³-hybridized carbons (Fsp3) is 0.273. The first-order chi connectivity index (χ1) is 14.2. The average Bonchev–Trinajstić information content (AvgIpc) is 3.23. The van der Waals surface area contributed by atoms with Crippen molar-refractivity contribution < 1.29 is 14.4 Å². The minimum Gasteiger partial charge on any atom is -0.497 e. The van der Waals surface area contributed by atoms with Gasteiger partial charge in [-0.1, -0.05) is 30.3 Å². The minimum atomic E-state index is 0.0202. The maximum absolute atomic E-state index is 12.5. The van der Waals surface area contributed by atoms with Gasteiger partial charge in [0.2, 0.25) is 0 Å². The van der Waals surface area contributed by atoms with Crippen LogP contribution in [0.5, 0.6) is 5.75 Å². The number of rotatable bonds is 6. The fourth-order valence-electron chi connectivity index (χ4n) is 3.51. The van der Waals surface area contributed by atoms with Crippen molar-refractivity contribution >= 4 is 28.1 Å². The zero-order valence-electron chi connectivity index (χ0n) is 16.4. The van der Waals surface area contributed by atoms with Crippen LogP contribution >= 0.6 is 11.3 Å². The topological polar surface area (TPSA) is 58.9 Å². The monoisotopic (exact) mass is 409 g/mol. The molecule has 0 atom stereocenters. The fourth-order valence-corrected chi connectivity index (χ4v) is 4.25. The van der Waals surface area contributed by atoms with Gasteiger partial charge in [-0.2, -0.15) is 0 Å². The second-order valence-corrected chi connectivity index (χ2v) is 7.92. The van der Waals surface area contributed by atoms with Crippen molar-refractivity contribution in [1.82, 2.24) is 4.98 Å². The van der Waals surface area contributed by atoms with Gasteiger partial charge in [0.15, 0.2) is 11.7 Å². The number of nitrogens with zero attached hydrogens (tertiary/aromatic N) is 2. The Hall–Kier alpha value is -2.90. The lowest BCUT2D eigenvalue weighted by molar-refractivity contribution is -0.892. The number of anilines is 2. The van der Waals surface area contributed by atoms with Gasteiger partial charge in [-0.3, -0.25) is 10.1 Å². The van der Waals surface area contributed by atoms with Gasteiger partial charge in [0.1, 0.15) is 5.75 Å². The van der Waals surface area contributed by atoms with Crippen LogP contribution in [-0.4, -0.2) is 50.7 Å². The molecule has 0 aliphatic carbocycles. The van der Waals surface area contributed by atoms with Crippen LogP contribution in [0.1, 0.15) is 0 Å². The Morgan fingerprint density at radius 2 is 1.86 bits per heavy atom. The molecule has 4 rings (SSSR count). The summed E-state index contributed by atoms with van der Waals surface area (Å²) in [6.07, 6.45) is 0. The Bertz CT molecular complexity index is 935. The van der Waals surface area contributed by atoms with Crippen molar-refractivity contribution in [3.8, 4) is 17.0 Å². The zero-order chi connectivity index (χ0) is 20.1. The number of ether oxygens (including phenoxy) is 1. The second-order valence-electron chi connectivity index (χ2n) is 7.06. The maximum atomic E-state index is 12.5. The molecule has 0 unspecified atom stereocenters. The number of benzene rings is 2. The van der Waals surface area contributed by atoms with Crippen LogP contribution in [0.2, 0.25) is 0 Å². The Labute approximate surface area is 174 Å². The molecule has 1 amide bonds. The molecule has 6 nitrogen and oxygen atoms in total. The Morgan fingerprint density at radius 3 is 2.55 bits per heavy atom. The Kier molecular flexibility index (Phi) is 6.07. The van der Waals surface area contributed by atoms with E-state index < -0.39 is 0 Å². The number of nitrogens with one attached hydrogen (secondary N) is 2. The van der Waals surface area contributed by atoms with Gasteiger partial charge >= 0.3 is 0 Å². The van der Waals surface area contributed by atoms with E-state index in [1.165, 1.54) is 21.9 Å². The largest absolute Gasteiger partial charge is 0.497 e. The number of aromatic nitrogens is 1. The average molecular weight is 410 g/mol. The standard InChI is InChI=1S/C22H24N4O2S/c1-28-19-9-7-18(8-10-19)26-13-11-25(12-14-26)15-21(27)24-22-23-20(16-29-22)17-5-3-2-4-6-17/h2-10,16H,11-15H2,1H3,(H,23,24,27)/p+1. The lowest BCUT2D eigenvalue weighted by Gasteiger charge is -2.33. The van der Waals surface area contributed by atoms with E-state index in [0.717, 1.165) is 43.2 Å². The Morgan fingerprint density at radius 1 is 1.14 bits per heavy atom. The summed E-state index contributed by atoms with van der Waals surface area (Å²) in [5.41, 5.74) is 3.15. The van der Waals surface area contributed by atoms with Gasteiger partial charge < -0.3 is 14.5 Å². The molecular formula is C22H25N4O2S+. The normalized spacial score (nSPS) is 14.6. The highest BCUT2D eigenvalue weighted by atomic mass is 32.1. The third-order valence-corrected chi connectivity index (χ3v) is 5.90. The van der Waals surface area contributed by atoms with E-state index in [1.807, 2.05) is 47.8 Å². The highest BCUT2D eigenvalue weighted by Gasteiger charge is 2.23. The number of hydrogen-bond donors (Lipinski definition) is 2. The van der Waals surface area contributed by atoms with Crippen LogP contribution in [0.25, 0.3) is 11.3 Å². The van der Waals surface area contributed by atoms with Gasteiger partial charge in [-0.05, 0) is 24.3 Å². The zero-order valence-corrected chi connectivity index (χ0v) is 17.2. The van der Waals surface area contributed by atoms with E-state index in [0.29, 0.717) is 11.7 Å². The summed E-state index contributed by atoms with van der Waals surface area (Å²) in [4.78, 5) is 20.6. The molecule has 1 fully saturated rings. The van der Waals surface area contributed by atoms with E-state index in [4.69, 9.17) is 4.74 Å². The number of carbonyl (C=O) groups excluding carboxylic acids is 1. The first-order valence-corrected chi connectivity index (χ1v) is 10.6. The van der Waals surface area contributed by atoms with Crippen LogP contribution in [0.15, 0.2) is 60.0 Å². The highest BCUT2D eigenvalue weighted by molar-refractivity contribution is 7.14. The summed E-state index contributed by atoms with van der Waals surface area (Å²) >= 11 is 1.46. The number of methoxy groups -OCH3 is 1. The molecule has 7 heteroatoms. The molecule has 0 radical (unpaired) electrons. The van der Waals surface area contributed by atoms with Crippen molar-refractivity contribution in [2.45, 2.75) is 0 Å². The molecule has 2 heterocycles. The SMILES string of the molecule is COc1ccc(N2CC[NH+](CC(=O)Nc3nc(-c4ccccc4)cs3)CC2)cc1. The van der Waals surface area contributed by atoms with Gasteiger partial charge in [-0.15, -0.1) is 11.3 Å². The first-order valence-electron chi connectivity index (χ1n) is 9.74. The maximum Gasteiger partial charge on any atom is 0.281 e. The second kappa shape index (κ2) is 9.07. The summed E-state index contributed by atoms with van der Waals surface area (Å²) < 4.78 is 5.22. The van der Waals surface area contributed by atoms with Crippen molar-refractivity contribution in [2.24, 2.45) is 0 Å². The quantitative estimate of drug-likeness (QED) is 0.655. The van der Waals surface area contributed by atoms with E-state index in [-0.39, 0.29) is 5.91 Å². The van der Waals surface area contributed by atoms with Gasteiger partial charge in [0.05, 0.1) is 39.0 Å². The predicted octanol–water partition coefficient (Wildman–Crippen LogP) is 2.16. The van der Waals surface area contributed by atoms with E-state index in [2.05, 4.69) is 27.3 Å². The molecule has 0 saturated carbocycles. The molecule has 1 aromatic heterocycles. The van der Waals surface area contributed by atoms with E-state index in [9.17, 15) is 4.79 Å². The van der Waals surface area contributed by atoms with E-state index in [1.54, 1.807) is 7.11 Å². The number of quaternary nitrogens is 1. The Balaban J connectivity index is 1.26. The third-order valence-electron chi connectivity index (χ3n) is 5.14. The van der Waals surface area contributed by atoms with Crippen LogP contribution in [-0.2, 0) is 4.79 Å². The van der Waals surface area contributed by atoms with E-state index >= 15 is 0 Å². The summed E-state index contributed by atoms with van der Waals surface area (Å²) in [6, 6.07) is 18.1. The molecule has 1 saturated heterocycles. The number of hydrogen-bond acceptors (Lipinski definition) is 5. The molecule has 1 aliphatic rings. The molecule has 1 aliphatic heterocycles. The lowest BCUT2D eigenvalue weighted by Crippen LogP contribution is -3.15. The van der Waals surface area contributed by atoms with Crippen LogP contribution < -0.4 is 19.9 Å². The molecule has 0 spiro atoms. The van der Waals surface area contributed by atoms with Crippen molar-refractivity contribution in [3.63, 3.8) is 0 Å². The highest BCUT2D eigenvalue weighted by Crippen LogP contribution is 2.24. The van der Waals surface area contributed by atoms with Crippen molar-refractivity contribution in [1.29, 1.82) is 0 Å². The smallest absolute Gasteiger partial charge is 0.281 e. The number of carbonyl (C=O) groups is 1. The summed E-state index contributed by atoms with van der Waals surface area (Å²) in [7, 11) is 1.68. The van der Waals surface area contributed by atoms with Crippen LogP contribution in [0, 0.1) is 0 Å². The van der Waals surface area contributed by atoms with Gasteiger partial charge in [0, 0.05) is 16.6 Å². The molecule has 2 aromatic carbocycles.